The number of hydrogen-bond donors (Lipinski definition) is 1. The zero-order valence-corrected chi connectivity index (χ0v) is 16.0. The number of methoxy groups -OCH3 is 2. The average molecular weight is 359 g/mol. The Hall–Kier alpha value is -2.14. The first-order valence-corrected chi connectivity index (χ1v) is 9.22. The van der Waals surface area contributed by atoms with Crippen LogP contribution < -0.4 is 14.8 Å². The van der Waals surface area contributed by atoms with Crippen molar-refractivity contribution in [3.05, 3.63) is 53.6 Å². The highest BCUT2D eigenvalue weighted by Gasteiger charge is 2.15. The van der Waals surface area contributed by atoms with Crippen LogP contribution in [0.2, 0.25) is 0 Å². The number of nitrogens with one attached hydrogen (secondary N) is 1. The molecule has 2 rings (SSSR count). The second kappa shape index (κ2) is 9.37. The van der Waals surface area contributed by atoms with Crippen LogP contribution in [0.4, 0.5) is 0 Å². The largest absolute Gasteiger partial charge is 0.497 e. The maximum Gasteiger partial charge on any atom is 0.221 e. The first kappa shape index (κ1) is 19.2. The second-order valence-electron chi connectivity index (χ2n) is 5.81. The van der Waals surface area contributed by atoms with E-state index in [4.69, 9.17) is 9.47 Å². The van der Waals surface area contributed by atoms with E-state index in [-0.39, 0.29) is 11.9 Å². The van der Waals surface area contributed by atoms with E-state index >= 15 is 0 Å². The SMILES string of the molecule is COc1ccc(OC)c(C(C)NC(=O)CCSc2ccc(C)cc2)c1. The molecule has 1 unspecified atom stereocenters. The van der Waals surface area contributed by atoms with Crippen LogP contribution in [0.15, 0.2) is 47.4 Å². The first-order chi connectivity index (χ1) is 12.0. The van der Waals surface area contributed by atoms with Gasteiger partial charge in [0.15, 0.2) is 0 Å². The van der Waals surface area contributed by atoms with Crippen molar-refractivity contribution in [1.82, 2.24) is 5.32 Å². The number of benzene rings is 2. The number of carbonyl (C=O) groups is 1. The summed E-state index contributed by atoms with van der Waals surface area (Å²) in [6.07, 6.45) is 0.467. The van der Waals surface area contributed by atoms with E-state index < -0.39 is 0 Å². The fraction of sp³-hybridized carbons (Fsp3) is 0.350. The Labute approximate surface area is 153 Å². The molecule has 0 spiro atoms. The van der Waals surface area contributed by atoms with Crippen LogP contribution >= 0.6 is 11.8 Å². The zero-order valence-electron chi connectivity index (χ0n) is 15.2. The van der Waals surface area contributed by atoms with Crippen LogP contribution in [0.3, 0.4) is 0 Å². The van der Waals surface area contributed by atoms with Crippen LogP contribution in [-0.4, -0.2) is 25.9 Å². The maximum atomic E-state index is 12.2. The Kier molecular flexibility index (Phi) is 7.19. The number of thioether (sulfide) groups is 1. The lowest BCUT2D eigenvalue weighted by molar-refractivity contribution is -0.121. The lowest BCUT2D eigenvalue weighted by atomic mass is 10.1. The molecule has 0 bridgehead atoms. The normalized spacial score (nSPS) is 11.7. The van der Waals surface area contributed by atoms with E-state index in [1.54, 1.807) is 26.0 Å². The molecule has 1 atom stereocenters. The molecule has 1 N–H and O–H groups in total. The van der Waals surface area contributed by atoms with Crippen molar-refractivity contribution in [2.75, 3.05) is 20.0 Å². The molecule has 5 heteroatoms. The van der Waals surface area contributed by atoms with Gasteiger partial charge in [-0.1, -0.05) is 17.7 Å². The average Bonchev–Trinajstić information content (AvgIpc) is 2.62. The van der Waals surface area contributed by atoms with Crippen molar-refractivity contribution in [1.29, 1.82) is 0 Å². The Morgan fingerprint density at radius 3 is 2.48 bits per heavy atom. The predicted octanol–water partition coefficient (Wildman–Crippen LogP) is 4.37. The monoisotopic (exact) mass is 359 g/mol. The van der Waals surface area contributed by atoms with Gasteiger partial charge in [-0.3, -0.25) is 4.79 Å². The van der Waals surface area contributed by atoms with E-state index in [9.17, 15) is 4.79 Å². The molecular formula is C20H25NO3S. The van der Waals surface area contributed by atoms with Crippen molar-refractivity contribution in [3.8, 4) is 11.5 Å². The van der Waals surface area contributed by atoms with Gasteiger partial charge < -0.3 is 14.8 Å². The molecule has 0 fully saturated rings. The lowest BCUT2D eigenvalue weighted by Crippen LogP contribution is -2.27. The van der Waals surface area contributed by atoms with Crippen molar-refractivity contribution in [2.45, 2.75) is 31.2 Å². The van der Waals surface area contributed by atoms with Gasteiger partial charge in [0.1, 0.15) is 11.5 Å². The topological polar surface area (TPSA) is 47.6 Å². The third-order valence-electron chi connectivity index (χ3n) is 3.90. The molecule has 0 aromatic heterocycles. The number of rotatable bonds is 8. The highest BCUT2D eigenvalue weighted by atomic mass is 32.2. The molecule has 2 aromatic carbocycles. The van der Waals surface area contributed by atoms with E-state index in [0.717, 1.165) is 22.8 Å². The fourth-order valence-electron chi connectivity index (χ4n) is 2.47. The van der Waals surface area contributed by atoms with Gasteiger partial charge in [0.25, 0.3) is 0 Å². The second-order valence-corrected chi connectivity index (χ2v) is 6.98. The minimum Gasteiger partial charge on any atom is -0.497 e. The lowest BCUT2D eigenvalue weighted by Gasteiger charge is -2.18. The van der Waals surface area contributed by atoms with Crippen molar-refractivity contribution in [3.63, 3.8) is 0 Å². The van der Waals surface area contributed by atoms with Crippen molar-refractivity contribution in [2.24, 2.45) is 0 Å². The molecule has 0 heterocycles. The van der Waals surface area contributed by atoms with Crippen LogP contribution in [0.5, 0.6) is 11.5 Å². The molecule has 0 aliphatic rings. The van der Waals surface area contributed by atoms with Gasteiger partial charge in [0.2, 0.25) is 5.91 Å². The number of ether oxygens (including phenoxy) is 2. The molecule has 134 valence electrons. The van der Waals surface area contributed by atoms with Gasteiger partial charge in [-0.2, -0.15) is 0 Å². The quantitative estimate of drug-likeness (QED) is 0.711. The molecule has 25 heavy (non-hydrogen) atoms. The minimum atomic E-state index is -0.151. The molecular weight excluding hydrogens is 334 g/mol. The summed E-state index contributed by atoms with van der Waals surface area (Å²) >= 11 is 1.69. The summed E-state index contributed by atoms with van der Waals surface area (Å²) in [5.74, 6) is 2.25. The number of carbonyl (C=O) groups excluding carboxylic acids is 1. The van der Waals surface area contributed by atoms with Gasteiger partial charge in [-0.15, -0.1) is 11.8 Å². The highest BCUT2D eigenvalue weighted by molar-refractivity contribution is 7.99. The summed E-state index contributed by atoms with van der Waals surface area (Å²) in [4.78, 5) is 13.4. The van der Waals surface area contributed by atoms with Crippen LogP contribution in [-0.2, 0) is 4.79 Å². The summed E-state index contributed by atoms with van der Waals surface area (Å²) < 4.78 is 10.6. The maximum absolute atomic E-state index is 12.2. The van der Waals surface area contributed by atoms with Crippen LogP contribution in [0, 0.1) is 6.92 Å². The van der Waals surface area contributed by atoms with E-state index in [1.165, 1.54) is 10.5 Å². The summed E-state index contributed by atoms with van der Waals surface area (Å²) in [5.41, 5.74) is 2.14. The van der Waals surface area contributed by atoms with Gasteiger partial charge in [0, 0.05) is 22.6 Å². The van der Waals surface area contributed by atoms with Gasteiger partial charge in [0.05, 0.1) is 20.3 Å². The molecule has 0 aliphatic carbocycles. The highest BCUT2D eigenvalue weighted by Crippen LogP contribution is 2.29. The van der Waals surface area contributed by atoms with E-state index in [1.807, 2.05) is 25.1 Å². The van der Waals surface area contributed by atoms with Gasteiger partial charge in [-0.25, -0.2) is 0 Å². The number of aryl methyl sites for hydroxylation is 1. The third kappa shape index (κ3) is 5.71. The standard InChI is InChI=1S/C20H25NO3S/c1-14-5-8-17(9-6-14)25-12-11-20(22)21-15(2)18-13-16(23-3)7-10-19(18)24-4/h5-10,13,15H,11-12H2,1-4H3,(H,21,22). The Morgan fingerprint density at radius 1 is 1.12 bits per heavy atom. The third-order valence-corrected chi connectivity index (χ3v) is 4.91. The Bertz CT molecular complexity index is 701. The summed E-state index contributed by atoms with van der Waals surface area (Å²) in [6.45, 7) is 4.01. The van der Waals surface area contributed by atoms with Gasteiger partial charge in [-0.05, 0) is 44.2 Å². The van der Waals surface area contributed by atoms with Crippen LogP contribution in [0.25, 0.3) is 0 Å². The Balaban J connectivity index is 1.88. The molecule has 0 saturated carbocycles. The Morgan fingerprint density at radius 2 is 1.84 bits per heavy atom. The zero-order chi connectivity index (χ0) is 18.2. The molecule has 0 radical (unpaired) electrons. The molecule has 0 saturated heterocycles. The molecule has 4 nitrogen and oxygen atoms in total. The number of amides is 1. The first-order valence-electron chi connectivity index (χ1n) is 8.24. The van der Waals surface area contributed by atoms with Gasteiger partial charge >= 0.3 is 0 Å². The van der Waals surface area contributed by atoms with E-state index in [0.29, 0.717) is 6.42 Å². The van der Waals surface area contributed by atoms with Crippen molar-refractivity contribution >= 4 is 17.7 Å². The summed E-state index contributed by atoms with van der Waals surface area (Å²) in [7, 11) is 3.25. The van der Waals surface area contributed by atoms with Crippen molar-refractivity contribution < 1.29 is 14.3 Å². The molecule has 0 aliphatic heterocycles. The minimum absolute atomic E-state index is 0.0250. The smallest absolute Gasteiger partial charge is 0.221 e. The predicted molar refractivity (Wildman–Crippen MR) is 103 cm³/mol. The summed E-state index contributed by atoms with van der Waals surface area (Å²) in [6, 6.07) is 13.8. The van der Waals surface area contributed by atoms with E-state index in [2.05, 4.69) is 36.5 Å². The molecule has 2 aromatic rings. The fourth-order valence-corrected chi connectivity index (χ4v) is 3.32. The molecule has 1 amide bonds. The summed E-state index contributed by atoms with van der Waals surface area (Å²) in [5, 5.41) is 3.03. The van der Waals surface area contributed by atoms with Crippen LogP contribution in [0.1, 0.15) is 30.5 Å². The number of hydrogen-bond acceptors (Lipinski definition) is 4.